The molecular formula is C16H22N2O4S. The minimum absolute atomic E-state index is 0.0458. The Morgan fingerprint density at radius 1 is 1.35 bits per heavy atom. The summed E-state index contributed by atoms with van der Waals surface area (Å²) in [5.74, 6) is -1.57. The number of hydrogen-bond donors (Lipinski definition) is 1. The minimum atomic E-state index is -0.884. The van der Waals surface area contributed by atoms with Gasteiger partial charge < -0.3 is 14.7 Å². The highest BCUT2D eigenvalue weighted by atomic mass is 32.1. The molecule has 1 aromatic heterocycles. The van der Waals surface area contributed by atoms with Crippen molar-refractivity contribution in [2.24, 2.45) is 5.92 Å². The van der Waals surface area contributed by atoms with Gasteiger partial charge in [-0.05, 0) is 28.8 Å². The zero-order valence-electron chi connectivity index (χ0n) is 13.0. The van der Waals surface area contributed by atoms with E-state index in [1.54, 1.807) is 4.90 Å². The number of morpholine rings is 1. The van der Waals surface area contributed by atoms with Gasteiger partial charge in [-0.25, -0.2) is 0 Å². The normalized spacial score (nSPS) is 25.9. The van der Waals surface area contributed by atoms with Gasteiger partial charge in [0.1, 0.15) is 0 Å². The smallest absolute Gasteiger partial charge is 0.309 e. The summed E-state index contributed by atoms with van der Waals surface area (Å²) >= 11 is 1.54. The molecule has 2 aliphatic heterocycles. The number of carbonyl (C=O) groups excluding carboxylic acids is 1. The maximum absolute atomic E-state index is 12.3. The minimum Gasteiger partial charge on any atom is -0.481 e. The second-order valence-electron chi connectivity index (χ2n) is 6.05. The highest BCUT2D eigenvalue weighted by Crippen LogP contribution is 2.39. The van der Waals surface area contributed by atoms with Gasteiger partial charge in [0.15, 0.2) is 0 Å². The zero-order valence-corrected chi connectivity index (χ0v) is 13.8. The number of ether oxygens (including phenoxy) is 1. The van der Waals surface area contributed by atoms with Crippen LogP contribution >= 0.6 is 11.3 Å². The van der Waals surface area contributed by atoms with E-state index in [1.807, 2.05) is 16.8 Å². The zero-order chi connectivity index (χ0) is 16.2. The molecule has 0 aromatic carbocycles. The van der Waals surface area contributed by atoms with Gasteiger partial charge in [-0.15, -0.1) is 0 Å². The number of nitrogens with zero attached hydrogens (tertiary/aromatic N) is 2. The van der Waals surface area contributed by atoms with Crippen LogP contribution in [0.25, 0.3) is 0 Å². The van der Waals surface area contributed by atoms with Crippen LogP contribution in [-0.2, 0) is 14.3 Å². The molecule has 0 aliphatic carbocycles. The molecule has 3 rings (SSSR count). The molecular weight excluding hydrogens is 316 g/mol. The number of carboxylic acids is 1. The van der Waals surface area contributed by atoms with Crippen LogP contribution in [0.3, 0.4) is 0 Å². The summed E-state index contributed by atoms with van der Waals surface area (Å²) in [6.07, 6.45) is 0.964. The SMILES string of the molecule is O=C(O)C1CC(=O)N(CCCN2CCOCC2)C1c1ccsc1. The molecule has 0 spiro atoms. The van der Waals surface area contributed by atoms with Crippen molar-refractivity contribution in [3.8, 4) is 0 Å². The molecule has 2 atom stereocenters. The average molecular weight is 338 g/mol. The highest BCUT2D eigenvalue weighted by molar-refractivity contribution is 7.08. The number of rotatable bonds is 6. The first-order chi connectivity index (χ1) is 11.2. The lowest BCUT2D eigenvalue weighted by Gasteiger charge is -2.29. The van der Waals surface area contributed by atoms with Crippen molar-refractivity contribution < 1.29 is 19.4 Å². The molecule has 7 heteroatoms. The number of aliphatic carboxylic acids is 1. The Kier molecular flexibility index (Phi) is 5.30. The number of amides is 1. The van der Waals surface area contributed by atoms with Gasteiger partial charge in [0.25, 0.3) is 0 Å². The second kappa shape index (κ2) is 7.42. The van der Waals surface area contributed by atoms with E-state index in [1.165, 1.54) is 11.3 Å². The molecule has 3 heterocycles. The Morgan fingerprint density at radius 3 is 2.78 bits per heavy atom. The van der Waals surface area contributed by atoms with E-state index in [2.05, 4.69) is 4.90 Å². The van der Waals surface area contributed by atoms with Crippen LogP contribution in [0.4, 0.5) is 0 Å². The average Bonchev–Trinajstić information content (AvgIpc) is 3.17. The molecule has 2 unspecified atom stereocenters. The Bertz CT molecular complexity index is 542. The van der Waals surface area contributed by atoms with Crippen LogP contribution < -0.4 is 0 Å². The van der Waals surface area contributed by atoms with E-state index in [9.17, 15) is 14.7 Å². The van der Waals surface area contributed by atoms with Gasteiger partial charge in [0.05, 0.1) is 25.2 Å². The molecule has 2 fully saturated rings. The molecule has 1 aromatic rings. The lowest BCUT2D eigenvalue weighted by Crippen LogP contribution is -2.38. The summed E-state index contributed by atoms with van der Waals surface area (Å²) < 4.78 is 5.33. The second-order valence-corrected chi connectivity index (χ2v) is 6.83. The van der Waals surface area contributed by atoms with Gasteiger partial charge in [-0.2, -0.15) is 11.3 Å². The van der Waals surface area contributed by atoms with Crippen LogP contribution in [0.1, 0.15) is 24.4 Å². The molecule has 23 heavy (non-hydrogen) atoms. The molecule has 126 valence electrons. The number of carbonyl (C=O) groups is 2. The van der Waals surface area contributed by atoms with Crippen molar-refractivity contribution in [2.45, 2.75) is 18.9 Å². The van der Waals surface area contributed by atoms with E-state index in [0.717, 1.165) is 44.8 Å². The van der Waals surface area contributed by atoms with E-state index >= 15 is 0 Å². The highest BCUT2D eigenvalue weighted by Gasteiger charge is 2.44. The number of likely N-dealkylation sites (tertiary alicyclic amines) is 1. The first-order valence-corrected chi connectivity index (χ1v) is 8.95. The van der Waals surface area contributed by atoms with E-state index in [-0.39, 0.29) is 18.4 Å². The topological polar surface area (TPSA) is 70.1 Å². The van der Waals surface area contributed by atoms with Crippen molar-refractivity contribution in [3.05, 3.63) is 22.4 Å². The molecule has 0 radical (unpaired) electrons. The third-order valence-electron chi connectivity index (χ3n) is 4.61. The Morgan fingerprint density at radius 2 is 2.13 bits per heavy atom. The first kappa shape index (κ1) is 16.4. The quantitative estimate of drug-likeness (QED) is 0.850. The summed E-state index contributed by atoms with van der Waals surface area (Å²) in [4.78, 5) is 27.9. The molecule has 0 saturated carbocycles. The van der Waals surface area contributed by atoms with Crippen LogP contribution in [0, 0.1) is 5.92 Å². The van der Waals surface area contributed by atoms with Crippen LogP contribution in [0.15, 0.2) is 16.8 Å². The fourth-order valence-electron chi connectivity index (χ4n) is 3.42. The Balaban J connectivity index is 1.63. The lowest BCUT2D eigenvalue weighted by molar-refractivity contribution is -0.142. The van der Waals surface area contributed by atoms with Crippen molar-refractivity contribution >= 4 is 23.2 Å². The molecule has 2 saturated heterocycles. The van der Waals surface area contributed by atoms with Crippen molar-refractivity contribution in [2.75, 3.05) is 39.4 Å². The monoisotopic (exact) mass is 338 g/mol. The first-order valence-electron chi connectivity index (χ1n) is 8.01. The third kappa shape index (κ3) is 3.73. The standard InChI is InChI=1S/C16H22N2O4S/c19-14-10-13(16(20)21)15(12-2-9-23-11-12)18(14)4-1-3-17-5-7-22-8-6-17/h2,9,11,13,15H,1,3-8,10H2,(H,20,21). The van der Waals surface area contributed by atoms with Gasteiger partial charge >= 0.3 is 5.97 Å². The van der Waals surface area contributed by atoms with Gasteiger partial charge in [0, 0.05) is 32.6 Å². The van der Waals surface area contributed by atoms with Gasteiger partial charge in [0.2, 0.25) is 5.91 Å². The molecule has 1 amide bonds. The maximum atomic E-state index is 12.3. The van der Waals surface area contributed by atoms with Crippen LogP contribution in [0.2, 0.25) is 0 Å². The Hall–Kier alpha value is -1.44. The summed E-state index contributed by atoms with van der Waals surface area (Å²) in [6, 6.07) is 1.61. The van der Waals surface area contributed by atoms with Crippen molar-refractivity contribution in [1.82, 2.24) is 9.80 Å². The number of hydrogen-bond acceptors (Lipinski definition) is 5. The number of thiophene rings is 1. The fraction of sp³-hybridized carbons (Fsp3) is 0.625. The Labute approximate surface area is 139 Å². The third-order valence-corrected chi connectivity index (χ3v) is 5.31. The maximum Gasteiger partial charge on any atom is 0.309 e. The number of carboxylic acid groups (broad SMARTS) is 1. The van der Waals surface area contributed by atoms with Crippen LogP contribution in [-0.4, -0.2) is 66.2 Å². The largest absolute Gasteiger partial charge is 0.481 e. The fourth-order valence-corrected chi connectivity index (χ4v) is 4.11. The van der Waals surface area contributed by atoms with E-state index < -0.39 is 11.9 Å². The van der Waals surface area contributed by atoms with Crippen LogP contribution in [0.5, 0.6) is 0 Å². The van der Waals surface area contributed by atoms with E-state index in [4.69, 9.17) is 4.74 Å². The molecule has 1 N–H and O–H groups in total. The predicted molar refractivity (Wildman–Crippen MR) is 86.4 cm³/mol. The predicted octanol–water partition coefficient (Wildman–Crippen LogP) is 1.44. The van der Waals surface area contributed by atoms with Gasteiger partial charge in [-0.3, -0.25) is 14.5 Å². The molecule has 6 nitrogen and oxygen atoms in total. The summed E-state index contributed by atoms with van der Waals surface area (Å²) in [6.45, 7) is 4.92. The van der Waals surface area contributed by atoms with E-state index in [0.29, 0.717) is 6.54 Å². The molecule has 2 aliphatic rings. The van der Waals surface area contributed by atoms with Crippen molar-refractivity contribution in [1.29, 1.82) is 0 Å². The lowest BCUT2D eigenvalue weighted by atomic mass is 9.95. The van der Waals surface area contributed by atoms with Gasteiger partial charge in [-0.1, -0.05) is 0 Å². The molecule has 0 bridgehead atoms. The van der Waals surface area contributed by atoms with Crippen molar-refractivity contribution in [3.63, 3.8) is 0 Å². The summed E-state index contributed by atoms with van der Waals surface area (Å²) in [5.41, 5.74) is 0.944. The summed E-state index contributed by atoms with van der Waals surface area (Å²) in [7, 11) is 0. The summed E-state index contributed by atoms with van der Waals surface area (Å²) in [5, 5.41) is 13.3.